The van der Waals surface area contributed by atoms with Crippen LogP contribution in [0.1, 0.15) is 6.42 Å². The van der Waals surface area contributed by atoms with Crippen LogP contribution in [0.25, 0.3) is 0 Å². The van der Waals surface area contributed by atoms with Crippen molar-refractivity contribution in [2.24, 2.45) is 10.9 Å². The number of methoxy groups -OCH3 is 1. The molecule has 1 amide bonds. The average Bonchev–Trinajstić information content (AvgIpc) is 2.42. The van der Waals surface area contributed by atoms with Crippen molar-refractivity contribution < 1.29 is 19.1 Å². The molecule has 1 saturated heterocycles. The van der Waals surface area contributed by atoms with Gasteiger partial charge in [-0.2, -0.15) is 0 Å². The fourth-order valence-electron chi connectivity index (χ4n) is 1.93. The van der Waals surface area contributed by atoms with Gasteiger partial charge in [0.05, 0.1) is 39.2 Å². The molecule has 2 heterocycles. The van der Waals surface area contributed by atoms with Crippen molar-refractivity contribution in [3.05, 3.63) is 0 Å². The molecular weight excluding hydrogens is 238 g/mol. The van der Waals surface area contributed by atoms with Gasteiger partial charge in [0.2, 0.25) is 11.9 Å². The maximum absolute atomic E-state index is 11.8. The van der Waals surface area contributed by atoms with Gasteiger partial charge in [0.1, 0.15) is 0 Å². The van der Waals surface area contributed by atoms with Crippen molar-refractivity contribution in [1.29, 1.82) is 0 Å². The number of carbonyl (C=O) groups is 2. The van der Waals surface area contributed by atoms with Crippen molar-refractivity contribution in [3.63, 3.8) is 0 Å². The number of nitrogens with one attached hydrogen (secondary N) is 1. The molecule has 1 N–H and O–H groups in total. The predicted octanol–water partition coefficient (Wildman–Crippen LogP) is -1.02. The highest BCUT2D eigenvalue weighted by Crippen LogP contribution is 2.11. The van der Waals surface area contributed by atoms with Crippen LogP contribution in [0.4, 0.5) is 0 Å². The third-order valence-corrected chi connectivity index (χ3v) is 3.02. The highest BCUT2D eigenvalue weighted by atomic mass is 16.5. The number of nitrogens with zero attached hydrogens (tertiary/aromatic N) is 2. The summed E-state index contributed by atoms with van der Waals surface area (Å²) in [5.74, 6) is -0.399. The molecule has 2 rings (SSSR count). The molecule has 0 radical (unpaired) electrons. The van der Waals surface area contributed by atoms with Crippen molar-refractivity contribution in [2.45, 2.75) is 6.42 Å². The molecule has 7 heteroatoms. The number of guanidine groups is 1. The Bertz CT molecular complexity index is 363. The van der Waals surface area contributed by atoms with E-state index in [4.69, 9.17) is 4.74 Å². The third kappa shape index (κ3) is 2.98. The van der Waals surface area contributed by atoms with Crippen LogP contribution in [-0.2, 0) is 19.1 Å². The Balaban J connectivity index is 1.93. The number of hydrogen-bond donors (Lipinski definition) is 1. The minimum Gasteiger partial charge on any atom is -0.469 e. The predicted molar refractivity (Wildman–Crippen MR) is 63.0 cm³/mol. The number of esters is 1. The molecule has 2 aliphatic rings. The Hall–Kier alpha value is -1.63. The van der Waals surface area contributed by atoms with Gasteiger partial charge >= 0.3 is 5.97 Å². The van der Waals surface area contributed by atoms with E-state index < -0.39 is 5.92 Å². The first-order chi connectivity index (χ1) is 8.70. The monoisotopic (exact) mass is 255 g/mol. The summed E-state index contributed by atoms with van der Waals surface area (Å²) in [4.78, 5) is 29.3. The van der Waals surface area contributed by atoms with E-state index in [1.54, 1.807) is 0 Å². The van der Waals surface area contributed by atoms with Gasteiger partial charge in [-0.3, -0.25) is 19.9 Å². The third-order valence-electron chi connectivity index (χ3n) is 3.02. The van der Waals surface area contributed by atoms with E-state index in [1.165, 1.54) is 7.11 Å². The van der Waals surface area contributed by atoms with Gasteiger partial charge in [0.15, 0.2) is 0 Å². The van der Waals surface area contributed by atoms with Gasteiger partial charge in [-0.1, -0.05) is 0 Å². The molecule has 0 unspecified atom stereocenters. The van der Waals surface area contributed by atoms with E-state index in [0.717, 1.165) is 13.1 Å². The fraction of sp³-hybridized carbons (Fsp3) is 0.727. The molecule has 0 aliphatic carbocycles. The highest BCUT2D eigenvalue weighted by Gasteiger charge is 2.29. The maximum Gasteiger partial charge on any atom is 0.306 e. The van der Waals surface area contributed by atoms with Crippen LogP contribution in [0.2, 0.25) is 0 Å². The topological polar surface area (TPSA) is 80.2 Å². The molecule has 18 heavy (non-hydrogen) atoms. The summed E-state index contributed by atoms with van der Waals surface area (Å²) in [7, 11) is 1.31. The van der Waals surface area contributed by atoms with Gasteiger partial charge in [-0.25, -0.2) is 0 Å². The van der Waals surface area contributed by atoms with Crippen LogP contribution in [-0.4, -0.2) is 62.7 Å². The molecule has 0 aromatic carbocycles. The fourth-order valence-corrected chi connectivity index (χ4v) is 1.93. The molecule has 0 aromatic rings. The van der Waals surface area contributed by atoms with Gasteiger partial charge in [-0.05, 0) is 0 Å². The van der Waals surface area contributed by atoms with Crippen LogP contribution < -0.4 is 5.32 Å². The minimum absolute atomic E-state index is 0.0717. The second-order valence-electron chi connectivity index (χ2n) is 4.23. The second-order valence-corrected chi connectivity index (χ2v) is 4.23. The van der Waals surface area contributed by atoms with Crippen molar-refractivity contribution in [2.75, 3.05) is 40.0 Å². The summed E-state index contributed by atoms with van der Waals surface area (Å²) in [5.41, 5.74) is 0. The molecule has 100 valence electrons. The lowest BCUT2D eigenvalue weighted by molar-refractivity contribution is -0.144. The molecule has 7 nitrogen and oxygen atoms in total. The number of hydrogen-bond acceptors (Lipinski definition) is 6. The number of carbonyl (C=O) groups excluding carboxylic acids is 2. The Morgan fingerprint density at radius 2 is 2.28 bits per heavy atom. The number of amides is 1. The van der Waals surface area contributed by atoms with E-state index in [0.29, 0.717) is 25.7 Å². The number of morpholine rings is 1. The highest BCUT2D eigenvalue weighted by molar-refractivity contribution is 6.00. The summed E-state index contributed by atoms with van der Waals surface area (Å²) in [6.45, 7) is 3.05. The van der Waals surface area contributed by atoms with Crippen molar-refractivity contribution >= 4 is 17.8 Å². The van der Waals surface area contributed by atoms with Gasteiger partial charge in [-0.15, -0.1) is 0 Å². The Morgan fingerprint density at radius 3 is 2.89 bits per heavy atom. The van der Waals surface area contributed by atoms with Gasteiger partial charge in [0.25, 0.3) is 0 Å². The molecule has 1 atom stereocenters. The van der Waals surface area contributed by atoms with Crippen LogP contribution in [0.5, 0.6) is 0 Å². The van der Waals surface area contributed by atoms with E-state index in [2.05, 4.69) is 15.0 Å². The van der Waals surface area contributed by atoms with Crippen molar-refractivity contribution in [1.82, 2.24) is 10.2 Å². The standard InChI is InChI=1S/C11H17N3O4/c1-17-9(15)6-8-7-12-11(13-10(8)16)14-2-4-18-5-3-14/h8H,2-7H2,1H3,(H,12,13,16)/t8-/m1/s1. The first-order valence-electron chi connectivity index (χ1n) is 5.95. The van der Waals surface area contributed by atoms with Crippen LogP contribution in [0, 0.1) is 5.92 Å². The number of ether oxygens (including phenoxy) is 2. The summed E-state index contributed by atoms with van der Waals surface area (Å²) < 4.78 is 9.79. The minimum atomic E-state index is -0.428. The SMILES string of the molecule is COC(=O)C[C@@H]1CN=C(N2CCOCC2)NC1=O. The maximum atomic E-state index is 11.8. The zero-order valence-electron chi connectivity index (χ0n) is 10.3. The Kier molecular flexibility index (Phi) is 4.14. The first-order valence-corrected chi connectivity index (χ1v) is 5.95. The smallest absolute Gasteiger partial charge is 0.306 e. The molecular formula is C11H17N3O4. The molecule has 2 aliphatic heterocycles. The molecule has 0 spiro atoms. The summed E-state index contributed by atoms with van der Waals surface area (Å²) in [6.07, 6.45) is 0.0717. The lowest BCUT2D eigenvalue weighted by Crippen LogP contribution is -2.53. The Morgan fingerprint density at radius 1 is 1.56 bits per heavy atom. The van der Waals surface area contributed by atoms with Crippen LogP contribution in [0.3, 0.4) is 0 Å². The molecule has 1 fully saturated rings. The normalized spacial score (nSPS) is 24.3. The second kappa shape index (κ2) is 5.81. The van der Waals surface area contributed by atoms with Gasteiger partial charge in [0, 0.05) is 13.1 Å². The lowest BCUT2D eigenvalue weighted by atomic mass is 10.0. The Labute approximate surface area is 105 Å². The summed E-state index contributed by atoms with van der Waals surface area (Å²) in [6, 6.07) is 0. The van der Waals surface area contributed by atoms with E-state index >= 15 is 0 Å². The molecule has 0 bridgehead atoms. The van der Waals surface area contributed by atoms with E-state index in [9.17, 15) is 9.59 Å². The largest absolute Gasteiger partial charge is 0.469 e. The van der Waals surface area contributed by atoms with Gasteiger partial charge < -0.3 is 14.4 Å². The quantitative estimate of drug-likeness (QED) is 0.639. The zero-order valence-corrected chi connectivity index (χ0v) is 10.3. The van der Waals surface area contributed by atoms with Crippen LogP contribution >= 0.6 is 0 Å². The zero-order chi connectivity index (χ0) is 13.0. The van der Waals surface area contributed by atoms with Crippen molar-refractivity contribution in [3.8, 4) is 0 Å². The molecule has 0 aromatic heterocycles. The number of rotatable bonds is 2. The van der Waals surface area contributed by atoms with E-state index in [1.807, 2.05) is 4.90 Å². The number of aliphatic imine (C=N–C) groups is 1. The average molecular weight is 255 g/mol. The molecule has 0 saturated carbocycles. The lowest BCUT2D eigenvalue weighted by Gasteiger charge is -2.32. The summed E-state index contributed by atoms with van der Waals surface area (Å²) >= 11 is 0. The van der Waals surface area contributed by atoms with Crippen LogP contribution in [0.15, 0.2) is 4.99 Å². The summed E-state index contributed by atoms with van der Waals surface area (Å²) in [5, 5.41) is 2.74. The van der Waals surface area contributed by atoms with E-state index in [-0.39, 0.29) is 18.3 Å². The first kappa shape index (κ1) is 12.8.